The van der Waals surface area contributed by atoms with Crippen LogP contribution in [-0.2, 0) is 14.8 Å². The van der Waals surface area contributed by atoms with Gasteiger partial charge in [0.15, 0.2) is 5.78 Å². The molecule has 0 spiro atoms. The Bertz CT molecular complexity index is 821. The smallest absolute Gasteiger partial charge is 0.240 e. The van der Waals surface area contributed by atoms with Crippen LogP contribution in [0.2, 0.25) is 0 Å². The van der Waals surface area contributed by atoms with Crippen molar-refractivity contribution in [1.29, 1.82) is 0 Å². The molecule has 4 unspecified atom stereocenters. The first-order chi connectivity index (χ1) is 12.8. The molecule has 3 rings (SSSR count). The van der Waals surface area contributed by atoms with E-state index in [-0.39, 0.29) is 35.6 Å². The second-order valence-corrected chi connectivity index (χ2v) is 9.69. The number of fused-ring (bicyclic) bond motifs is 2. The van der Waals surface area contributed by atoms with E-state index in [1.165, 1.54) is 50.8 Å². The van der Waals surface area contributed by atoms with Gasteiger partial charge < -0.3 is 5.32 Å². The molecule has 0 saturated heterocycles. The molecule has 0 heterocycles. The third-order valence-electron chi connectivity index (χ3n) is 6.02. The molecular formula is C20H28N2O4S. The highest BCUT2D eigenvalue weighted by Gasteiger charge is 2.42. The average molecular weight is 393 g/mol. The van der Waals surface area contributed by atoms with E-state index < -0.39 is 10.0 Å². The molecule has 4 atom stereocenters. The third kappa shape index (κ3) is 4.76. The molecule has 1 aromatic rings. The molecule has 2 fully saturated rings. The number of carbonyl (C=O) groups is 2. The van der Waals surface area contributed by atoms with Crippen LogP contribution in [0.15, 0.2) is 29.2 Å². The molecule has 1 aromatic carbocycles. The van der Waals surface area contributed by atoms with Gasteiger partial charge in [0, 0.05) is 24.6 Å². The highest BCUT2D eigenvalue weighted by molar-refractivity contribution is 7.89. The third-order valence-corrected chi connectivity index (χ3v) is 7.48. The molecule has 148 valence electrons. The fourth-order valence-electron chi connectivity index (χ4n) is 4.60. The van der Waals surface area contributed by atoms with Crippen LogP contribution < -0.4 is 10.0 Å². The Hall–Kier alpha value is -1.73. The number of amides is 1. The van der Waals surface area contributed by atoms with Crippen molar-refractivity contribution in [3.05, 3.63) is 29.8 Å². The normalized spacial score (nSPS) is 25.3. The highest BCUT2D eigenvalue weighted by Crippen LogP contribution is 2.49. The highest BCUT2D eigenvalue weighted by atomic mass is 32.2. The first-order valence-electron chi connectivity index (χ1n) is 9.66. The van der Waals surface area contributed by atoms with E-state index in [9.17, 15) is 18.0 Å². The van der Waals surface area contributed by atoms with Crippen LogP contribution in [0.4, 0.5) is 0 Å². The summed E-state index contributed by atoms with van der Waals surface area (Å²) in [6.07, 6.45) is 5.19. The van der Waals surface area contributed by atoms with Crippen LogP contribution in [0.3, 0.4) is 0 Å². The molecule has 1 amide bonds. The van der Waals surface area contributed by atoms with E-state index in [0.29, 0.717) is 11.5 Å². The molecule has 27 heavy (non-hydrogen) atoms. The van der Waals surface area contributed by atoms with Crippen LogP contribution in [0.5, 0.6) is 0 Å². The summed E-state index contributed by atoms with van der Waals surface area (Å²) in [5, 5.41) is 3.04. The van der Waals surface area contributed by atoms with Gasteiger partial charge in [-0.15, -0.1) is 0 Å². The maximum atomic E-state index is 12.4. The lowest BCUT2D eigenvalue weighted by molar-refractivity contribution is -0.122. The molecule has 6 nitrogen and oxygen atoms in total. The predicted molar refractivity (Wildman–Crippen MR) is 103 cm³/mol. The molecule has 2 N–H and O–H groups in total. The summed E-state index contributed by atoms with van der Waals surface area (Å²) in [5.41, 5.74) is 0.343. The number of carbonyl (C=O) groups excluding carboxylic acids is 2. The van der Waals surface area contributed by atoms with Crippen LogP contribution in [0, 0.1) is 17.8 Å². The molecular weight excluding hydrogens is 364 g/mol. The first-order valence-corrected chi connectivity index (χ1v) is 11.1. The van der Waals surface area contributed by atoms with E-state index in [2.05, 4.69) is 17.0 Å². The fourth-order valence-corrected chi connectivity index (χ4v) is 5.68. The zero-order valence-corrected chi connectivity index (χ0v) is 16.7. The van der Waals surface area contributed by atoms with Crippen molar-refractivity contribution >= 4 is 21.7 Å². The zero-order valence-electron chi connectivity index (χ0n) is 15.9. The number of rotatable bonds is 8. The number of sulfonamides is 1. The summed E-state index contributed by atoms with van der Waals surface area (Å²) in [6.45, 7) is 3.48. The minimum absolute atomic E-state index is 0.0297. The average Bonchev–Trinajstić information content (AvgIpc) is 3.25. The monoisotopic (exact) mass is 392 g/mol. The number of nitrogens with one attached hydrogen (secondary N) is 2. The zero-order chi connectivity index (χ0) is 19.6. The van der Waals surface area contributed by atoms with Gasteiger partial charge in [-0.2, -0.15) is 0 Å². The quantitative estimate of drug-likeness (QED) is 0.665. The predicted octanol–water partition coefficient (Wildman–Crippen LogP) is 2.50. The molecule has 2 aliphatic carbocycles. The lowest BCUT2D eigenvalue weighted by atomic mass is 9.84. The van der Waals surface area contributed by atoms with Gasteiger partial charge in [0.25, 0.3) is 0 Å². The van der Waals surface area contributed by atoms with Crippen molar-refractivity contribution in [2.24, 2.45) is 17.8 Å². The molecule has 2 aliphatic rings. The maximum Gasteiger partial charge on any atom is 0.240 e. The maximum absolute atomic E-state index is 12.4. The van der Waals surface area contributed by atoms with Gasteiger partial charge in [0.05, 0.1) is 4.90 Å². The van der Waals surface area contributed by atoms with Crippen LogP contribution >= 0.6 is 0 Å². The standard InChI is InChI=1S/C20H28N2O4S/c1-13(19-11-15-6-7-17(19)10-15)22-20(24)8-9-21-27(25,26)18-5-3-4-16(12-18)14(2)23/h3-5,12-13,15,17,19,21H,6-11H2,1-2H3,(H,22,24). The second-order valence-electron chi connectivity index (χ2n) is 7.93. The first kappa shape index (κ1) is 20.0. The lowest BCUT2D eigenvalue weighted by Crippen LogP contribution is -2.41. The Balaban J connectivity index is 1.47. The molecule has 0 aromatic heterocycles. The largest absolute Gasteiger partial charge is 0.353 e. The number of hydrogen-bond acceptors (Lipinski definition) is 4. The topological polar surface area (TPSA) is 92.3 Å². The summed E-state index contributed by atoms with van der Waals surface area (Å²) in [4.78, 5) is 23.6. The molecule has 2 bridgehead atoms. The molecule has 0 aliphatic heterocycles. The second kappa shape index (κ2) is 8.10. The summed E-state index contributed by atoms with van der Waals surface area (Å²) in [6, 6.07) is 6.03. The Morgan fingerprint density at radius 3 is 2.63 bits per heavy atom. The van der Waals surface area contributed by atoms with Gasteiger partial charge in [-0.05, 0) is 63.0 Å². The minimum Gasteiger partial charge on any atom is -0.353 e. The summed E-state index contributed by atoms with van der Waals surface area (Å²) < 4.78 is 27.1. The number of hydrogen-bond donors (Lipinski definition) is 2. The lowest BCUT2D eigenvalue weighted by Gasteiger charge is -2.28. The Morgan fingerprint density at radius 1 is 1.22 bits per heavy atom. The van der Waals surface area contributed by atoms with Gasteiger partial charge in [0.1, 0.15) is 0 Å². The van der Waals surface area contributed by atoms with Crippen LogP contribution in [0.1, 0.15) is 56.3 Å². The summed E-state index contributed by atoms with van der Waals surface area (Å²) >= 11 is 0. The van der Waals surface area contributed by atoms with E-state index >= 15 is 0 Å². The van der Waals surface area contributed by atoms with Crippen molar-refractivity contribution in [2.45, 2.75) is 56.9 Å². The number of ketones is 1. The van der Waals surface area contributed by atoms with E-state index in [0.717, 1.165) is 11.8 Å². The van der Waals surface area contributed by atoms with Crippen molar-refractivity contribution in [2.75, 3.05) is 6.54 Å². The van der Waals surface area contributed by atoms with E-state index in [1.54, 1.807) is 6.07 Å². The van der Waals surface area contributed by atoms with Gasteiger partial charge >= 0.3 is 0 Å². The number of Topliss-reactive ketones (excluding diaryl/α,β-unsaturated/α-hetero) is 1. The molecule has 0 radical (unpaired) electrons. The Morgan fingerprint density at radius 2 is 2.00 bits per heavy atom. The van der Waals surface area contributed by atoms with Gasteiger partial charge in [-0.25, -0.2) is 13.1 Å². The van der Waals surface area contributed by atoms with Crippen molar-refractivity contribution in [3.63, 3.8) is 0 Å². The summed E-state index contributed by atoms with van der Waals surface area (Å²) in [7, 11) is -3.75. The SMILES string of the molecule is CC(=O)c1cccc(S(=O)(=O)NCCC(=O)NC(C)C2CC3CCC2C3)c1. The number of benzene rings is 1. The minimum atomic E-state index is -3.75. The Labute approximate surface area is 161 Å². The van der Waals surface area contributed by atoms with Crippen molar-refractivity contribution in [3.8, 4) is 0 Å². The van der Waals surface area contributed by atoms with Gasteiger partial charge in [-0.3, -0.25) is 9.59 Å². The fraction of sp³-hybridized carbons (Fsp3) is 0.600. The van der Waals surface area contributed by atoms with Crippen LogP contribution in [0.25, 0.3) is 0 Å². The molecule has 7 heteroatoms. The van der Waals surface area contributed by atoms with Crippen molar-refractivity contribution in [1.82, 2.24) is 10.0 Å². The molecule has 2 saturated carbocycles. The summed E-state index contributed by atoms with van der Waals surface area (Å²) in [5.74, 6) is 1.79. The Kier molecular flexibility index (Phi) is 6.01. The van der Waals surface area contributed by atoms with Crippen LogP contribution in [-0.4, -0.2) is 32.7 Å². The van der Waals surface area contributed by atoms with E-state index in [1.807, 2.05) is 0 Å². The van der Waals surface area contributed by atoms with Gasteiger partial charge in [0.2, 0.25) is 15.9 Å². The van der Waals surface area contributed by atoms with Crippen molar-refractivity contribution < 1.29 is 18.0 Å². The van der Waals surface area contributed by atoms with E-state index in [4.69, 9.17) is 0 Å². The van der Waals surface area contributed by atoms with Gasteiger partial charge in [-0.1, -0.05) is 18.6 Å².